The van der Waals surface area contributed by atoms with Gasteiger partial charge >= 0.3 is 43.4 Å². The Kier molecular flexibility index (Phi) is 21.4. The first-order valence-electron chi connectivity index (χ1n) is 36.3. The Balaban J connectivity index is 0.0000103. The number of nitrogens with one attached hydrogen (secondary N) is 4. The molecule has 20 nitrogen and oxygen atoms in total. The van der Waals surface area contributed by atoms with Gasteiger partial charge in [-0.15, -0.1) is 22.1 Å². The predicted molar refractivity (Wildman–Crippen MR) is 422 cm³/mol. The fourth-order valence-electron chi connectivity index (χ4n) is 14.8. The van der Waals surface area contributed by atoms with Gasteiger partial charge in [-0.05, 0) is 195 Å². The number of benzene rings is 8. The van der Waals surface area contributed by atoms with Crippen molar-refractivity contribution in [2.24, 2.45) is 10.8 Å². The van der Waals surface area contributed by atoms with Gasteiger partial charge in [-0.2, -0.15) is 0 Å². The van der Waals surface area contributed by atoms with Crippen molar-refractivity contribution in [1.29, 1.82) is 0 Å². The number of carbonyl (C=O) groups is 8. The first-order valence-corrected chi connectivity index (χ1v) is 36.3. The molecule has 0 fully saturated rings. The second-order valence-corrected chi connectivity index (χ2v) is 26.9. The molecular weight excluding hydrogens is 1450 g/mol. The number of hydrogen-bond acceptors (Lipinski definition) is 14. The summed E-state index contributed by atoms with van der Waals surface area (Å²) in [6.07, 6.45) is 6.44. The van der Waals surface area contributed by atoms with Gasteiger partial charge in [-0.25, -0.2) is 9.97 Å². The summed E-state index contributed by atoms with van der Waals surface area (Å²) in [5.41, 5.74) is 7.09. The molecule has 21 heteroatoms. The summed E-state index contributed by atoms with van der Waals surface area (Å²) in [7, 11) is 0. The van der Waals surface area contributed by atoms with Crippen LogP contribution >= 0.6 is 0 Å². The number of esters is 4. The fraction of sp³-hybridized carbons (Fsp3) is 0.156. The maximum absolute atomic E-state index is 15.2. The first kappa shape index (κ1) is 74.6. The van der Waals surface area contributed by atoms with E-state index in [4.69, 9.17) is 38.9 Å². The molecule has 15 rings (SSSR count). The molecule has 4 amide bonds. The number of amides is 4. The number of anilines is 4. The Morgan fingerprint density at radius 2 is 0.550 bits per heavy atom. The van der Waals surface area contributed by atoms with Gasteiger partial charge in [0.1, 0.15) is 0 Å². The molecule has 0 saturated carbocycles. The molecule has 20 bridgehead atoms. The predicted octanol–water partition coefficient (Wildman–Crippen LogP) is 16.0. The van der Waals surface area contributed by atoms with Crippen LogP contribution in [0, 0.1) is 10.8 Å². The van der Waals surface area contributed by atoms with Crippen molar-refractivity contribution in [3.8, 4) is 44.5 Å². The van der Waals surface area contributed by atoms with Crippen LogP contribution in [0.15, 0.2) is 218 Å². The van der Waals surface area contributed by atoms with E-state index in [-0.39, 0.29) is 93.8 Å². The molecule has 8 aromatic carbocycles. The molecule has 111 heavy (non-hydrogen) atoms. The van der Waals surface area contributed by atoms with Crippen LogP contribution in [0.25, 0.3) is 90.9 Å². The minimum absolute atomic E-state index is 0. The van der Waals surface area contributed by atoms with E-state index in [0.717, 1.165) is 0 Å². The van der Waals surface area contributed by atoms with E-state index in [2.05, 4.69) is 21.3 Å². The number of fused-ring (bicyclic) bond motifs is 24. The Morgan fingerprint density at radius 1 is 0.324 bits per heavy atom. The van der Waals surface area contributed by atoms with Crippen molar-refractivity contribution in [1.82, 2.24) is 19.9 Å². The van der Waals surface area contributed by atoms with Gasteiger partial charge in [0.2, 0.25) is 0 Å². The van der Waals surface area contributed by atoms with Gasteiger partial charge in [-0.1, -0.05) is 146 Å². The molecule has 0 radical (unpaired) electrons. The summed E-state index contributed by atoms with van der Waals surface area (Å²) in [4.78, 5) is 141. The molecular formula is C90H72N8O12Zn. The zero-order valence-corrected chi connectivity index (χ0v) is 64.1. The van der Waals surface area contributed by atoms with Crippen molar-refractivity contribution < 1.29 is 76.8 Å². The van der Waals surface area contributed by atoms with Gasteiger partial charge in [0.05, 0.1) is 49.2 Å². The van der Waals surface area contributed by atoms with E-state index in [0.29, 0.717) is 134 Å². The van der Waals surface area contributed by atoms with E-state index in [1.807, 2.05) is 97.1 Å². The quantitative estimate of drug-likeness (QED) is 0.0476. The van der Waals surface area contributed by atoms with Crippen LogP contribution in [0.1, 0.15) is 114 Å². The first-order chi connectivity index (χ1) is 53.5. The zero-order chi connectivity index (χ0) is 76.2. The molecule has 3 aromatic heterocycles. The average molecular weight is 1520 g/mol. The molecule has 546 valence electrons. The van der Waals surface area contributed by atoms with E-state index >= 15 is 19.2 Å². The minimum Gasteiger partial charge on any atom is -0.657 e. The van der Waals surface area contributed by atoms with Crippen molar-refractivity contribution >= 4 is 117 Å². The third-order valence-corrected chi connectivity index (χ3v) is 19.8. The molecule has 0 aliphatic carbocycles. The molecule has 0 spiro atoms. The summed E-state index contributed by atoms with van der Waals surface area (Å²) >= 11 is 0. The molecule has 4 aliphatic rings. The molecule has 4 aliphatic heterocycles. The summed E-state index contributed by atoms with van der Waals surface area (Å²) in [6.45, 7) is 6.34. The third kappa shape index (κ3) is 14.7. The summed E-state index contributed by atoms with van der Waals surface area (Å²) < 4.78 is 22.9. The molecule has 0 atom stereocenters. The standard InChI is InChI=1S/C90H74N8O12.Zn/c1-5-107-85(103)89(86(104)108-6-2)49-53-21-17-25-57(45-53)81(99)95-65-33-13-9-29-61(65)77-69-37-38-70(91-69)78(62-30-10-14-34-66(62)96-82(100)58-26-18-22-54(46-58)50-89)74-42-44-76(94-74)80-64-32-12-16-36-68(64)98-84(102)60-28-20-24-56(48-60)52-90(87(105)109-7-3,88(106)110-8-4)51-55-23-19-27-59(47-55)83(101)97-67-35-15-11-31-63(67)79(71-39-40-72(80)92-71)75-43-41-73(77)93-75;/h9-48H,5-8,49-52H2,1-4H3,(H6,91,92,93,94,95,96,97,98,99,100,101,102);/q;+2/p-2. The van der Waals surface area contributed by atoms with Crippen LogP contribution in [-0.2, 0) is 83.3 Å². The monoisotopic (exact) mass is 1520 g/mol. The van der Waals surface area contributed by atoms with Crippen LogP contribution in [0.5, 0.6) is 0 Å². The largest absolute Gasteiger partial charge is 2.00 e. The van der Waals surface area contributed by atoms with Crippen molar-refractivity contribution in [3.63, 3.8) is 0 Å². The van der Waals surface area contributed by atoms with Crippen molar-refractivity contribution in [3.05, 3.63) is 286 Å². The number of hydrogen-bond donors (Lipinski definition) is 4. The van der Waals surface area contributed by atoms with Crippen LogP contribution in [0.3, 0.4) is 0 Å². The van der Waals surface area contributed by atoms with Crippen LogP contribution in [-0.4, -0.2) is 83.9 Å². The number of aromatic nitrogens is 4. The number of nitrogens with zero attached hydrogens (tertiary/aromatic N) is 4. The topological polar surface area (TPSA) is 276 Å². The molecule has 7 heterocycles. The summed E-state index contributed by atoms with van der Waals surface area (Å²) in [5, 5.41) is 12.8. The number of para-hydroxylation sites is 4. The zero-order valence-electron chi connectivity index (χ0n) is 61.1. The summed E-state index contributed by atoms with van der Waals surface area (Å²) in [6, 6.07) is 63.0. The van der Waals surface area contributed by atoms with Crippen molar-refractivity contribution in [2.75, 3.05) is 47.7 Å². The van der Waals surface area contributed by atoms with E-state index in [1.54, 1.807) is 173 Å². The minimum atomic E-state index is -1.99. The number of ether oxygens (including phenoxy) is 4. The van der Waals surface area contributed by atoms with Gasteiger partial charge in [0.25, 0.3) is 23.6 Å². The maximum Gasteiger partial charge on any atom is 2.00 e. The molecule has 4 N–H and O–H groups in total. The van der Waals surface area contributed by atoms with E-state index in [1.165, 1.54) is 0 Å². The van der Waals surface area contributed by atoms with Crippen molar-refractivity contribution in [2.45, 2.75) is 53.4 Å². The van der Waals surface area contributed by atoms with E-state index in [9.17, 15) is 19.2 Å². The Morgan fingerprint density at radius 3 is 0.775 bits per heavy atom. The maximum atomic E-state index is 15.2. The second kappa shape index (κ2) is 31.9. The molecule has 0 unspecified atom stereocenters. The second-order valence-electron chi connectivity index (χ2n) is 26.9. The molecule has 11 aromatic rings. The van der Waals surface area contributed by atoms with E-state index < -0.39 is 58.3 Å². The van der Waals surface area contributed by atoms with Gasteiger partial charge in [0.15, 0.2) is 10.8 Å². The smallest absolute Gasteiger partial charge is 0.657 e. The number of carbonyl (C=O) groups excluding carboxylic acids is 8. The number of rotatable bonds is 8. The Bertz CT molecular complexity index is 5170. The van der Waals surface area contributed by atoms with Gasteiger partial charge in [0, 0.05) is 67.3 Å². The van der Waals surface area contributed by atoms with Crippen LogP contribution in [0.2, 0.25) is 0 Å². The van der Waals surface area contributed by atoms with Crippen LogP contribution in [0.4, 0.5) is 22.7 Å². The SMILES string of the molecule is CCOC(=O)C1(C(=O)OCC)Cc2cccc(c2)C(=O)Nc2ccccc2-c2c3nc(c(c4ccc([n-]4)c4c5nc(c(c6ccc2[n-]6)-c2ccccc2NC(=O)c2cccc(c2)CC(C(=O)OCC)(C(=O)OCC)Cc2cccc(c2)C(=O)Nc2ccccc2-4)C=C5)-c2ccccc2NC(=O)c2cccc(c2)C1)C=C3.[Zn+2]. The average Bonchev–Trinajstić information content (AvgIpc) is 1.63. The Labute approximate surface area is 651 Å². The Hall–Kier alpha value is -13.3. The van der Waals surface area contributed by atoms with Crippen LogP contribution < -0.4 is 31.2 Å². The summed E-state index contributed by atoms with van der Waals surface area (Å²) in [5.74, 6) is -5.51. The van der Waals surface area contributed by atoms with Gasteiger partial charge < -0.3 is 50.2 Å². The molecule has 0 saturated heterocycles. The van der Waals surface area contributed by atoms with Gasteiger partial charge in [-0.3, -0.25) is 38.4 Å². The normalized spacial score (nSPS) is 14.1. The third-order valence-electron chi connectivity index (χ3n) is 19.8. The fourth-order valence-corrected chi connectivity index (χ4v) is 14.8.